The van der Waals surface area contributed by atoms with Gasteiger partial charge in [0.1, 0.15) is 36.3 Å². The zero-order valence-electron chi connectivity index (χ0n) is 32.2. The quantitative estimate of drug-likeness (QED) is 0.0329. The molecule has 3 saturated heterocycles. The van der Waals surface area contributed by atoms with E-state index < -0.39 is 115 Å². The average Bonchev–Trinajstić information content (AvgIpc) is 3.97. The van der Waals surface area contributed by atoms with Crippen LogP contribution in [-0.2, 0) is 43.2 Å². The van der Waals surface area contributed by atoms with Crippen molar-refractivity contribution >= 4 is 59.2 Å². The Morgan fingerprint density at radius 2 is 1.30 bits per heavy atom. The smallest absolute Gasteiger partial charge is 0.326 e. The highest BCUT2D eigenvalue weighted by molar-refractivity contribution is 5.97. The number of nitrogens with zero attached hydrogens (tertiary/aromatic N) is 3. The second-order valence-electron chi connectivity index (χ2n) is 14.3. The Balaban J connectivity index is 1.44. The number of hydrogen-bond donors (Lipinski definition) is 11. The van der Waals surface area contributed by atoms with Crippen molar-refractivity contribution in [3.8, 4) is 0 Å². The lowest BCUT2D eigenvalue weighted by molar-refractivity contribution is -0.150. The van der Waals surface area contributed by atoms with E-state index in [9.17, 15) is 53.4 Å². The highest BCUT2D eigenvalue weighted by Gasteiger charge is 2.44. The van der Waals surface area contributed by atoms with Crippen molar-refractivity contribution < 1.29 is 53.4 Å². The minimum atomic E-state index is -1.40. The van der Waals surface area contributed by atoms with Gasteiger partial charge in [0.2, 0.25) is 47.3 Å². The van der Waals surface area contributed by atoms with Gasteiger partial charge in [-0.3, -0.25) is 43.8 Å². The fourth-order valence-corrected chi connectivity index (χ4v) is 6.92. The number of rotatable bonds is 19. The SMILES string of the molecule is C[C@H](NC(=O)CNC(=O)[C@H](C)NC(=O)[C@@H](N)CCCNC(=N)N)C(=O)NCC(=O)N1CCC[C@H]1C(=O)N1CCC[C@H]1C(=O)N[C@@H](CO)C(=O)N1CCC[C@H]1C(=O)O. The summed E-state index contributed by atoms with van der Waals surface area (Å²) in [7, 11) is 0. The number of aliphatic hydroxyl groups is 1. The summed E-state index contributed by atoms with van der Waals surface area (Å²) in [5, 5.41) is 41.1. The van der Waals surface area contributed by atoms with Crippen LogP contribution in [0.2, 0.25) is 0 Å². The molecule has 23 nitrogen and oxygen atoms in total. The van der Waals surface area contributed by atoms with Gasteiger partial charge in [0.15, 0.2) is 5.96 Å². The number of aliphatic carboxylic acids is 1. The summed E-state index contributed by atoms with van der Waals surface area (Å²) >= 11 is 0. The van der Waals surface area contributed by atoms with Gasteiger partial charge in [0.25, 0.3) is 0 Å². The molecular weight excluding hydrogens is 752 g/mol. The summed E-state index contributed by atoms with van der Waals surface area (Å²) in [6, 6.07) is -7.44. The molecule has 0 aliphatic carbocycles. The number of amides is 8. The molecule has 7 atom stereocenters. The normalized spacial score (nSPS) is 21.1. The van der Waals surface area contributed by atoms with Crippen molar-refractivity contribution in [2.24, 2.45) is 11.5 Å². The summed E-state index contributed by atoms with van der Waals surface area (Å²) in [4.78, 5) is 118. The number of aliphatic hydroxyl groups excluding tert-OH is 1. The van der Waals surface area contributed by atoms with Crippen molar-refractivity contribution in [3.05, 3.63) is 0 Å². The van der Waals surface area contributed by atoms with Gasteiger partial charge in [-0.1, -0.05) is 0 Å². The summed E-state index contributed by atoms with van der Waals surface area (Å²) in [5.74, 6) is -6.58. The van der Waals surface area contributed by atoms with Crippen LogP contribution in [-0.4, -0.2) is 172 Å². The molecular formula is C34H56N12O11. The third kappa shape index (κ3) is 13.0. The Hall–Kier alpha value is -5.58. The van der Waals surface area contributed by atoms with Crippen molar-refractivity contribution in [3.63, 3.8) is 0 Å². The van der Waals surface area contributed by atoms with E-state index in [-0.39, 0.29) is 44.9 Å². The molecule has 13 N–H and O–H groups in total. The van der Waals surface area contributed by atoms with E-state index in [2.05, 4.69) is 31.9 Å². The summed E-state index contributed by atoms with van der Waals surface area (Å²) in [6.07, 6.45) is 2.95. The minimum absolute atomic E-state index is 0.167. The Kier molecular flexibility index (Phi) is 17.4. The molecule has 0 radical (unpaired) electrons. The average molecular weight is 809 g/mol. The van der Waals surface area contributed by atoms with Gasteiger partial charge in [0, 0.05) is 26.2 Å². The number of carboxylic acids is 1. The molecule has 0 unspecified atom stereocenters. The zero-order valence-corrected chi connectivity index (χ0v) is 32.2. The summed E-state index contributed by atoms with van der Waals surface area (Å²) in [5.41, 5.74) is 11.0. The van der Waals surface area contributed by atoms with Gasteiger partial charge < -0.3 is 68.3 Å². The van der Waals surface area contributed by atoms with Gasteiger partial charge in [-0.25, -0.2) is 4.79 Å². The minimum Gasteiger partial charge on any atom is -0.480 e. The molecule has 318 valence electrons. The van der Waals surface area contributed by atoms with Crippen LogP contribution in [0, 0.1) is 5.41 Å². The van der Waals surface area contributed by atoms with Crippen molar-refractivity contribution in [2.45, 2.75) is 108 Å². The highest BCUT2D eigenvalue weighted by Crippen LogP contribution is 2.25. The lowest BCUT2D eigenvalue weighted by Crippen LogP contribution is -2.58. The van der Waals surface area contributed by atoms with Crippen LogP contribution in [0.25, 0.3) is 0 Å². The van der Waals surface area contributed by atoms with E-state index >= 15 is 0 Å². The number of carboxylic acid groups (broad SMARTS) is 1. The number of nitrogens with one attached hydrogen (secondary N) is 7. The predicted molar refractivity (Wildman–Crippen MR) is 199 cm³/mol. The largest absolute Gasteiger partial charge is 0.480 e. The standard InChI is InChI=1S/C34H56N12O11/c1-18(41-25(48)15-39-28(51)19(2)42-29(52)20(35)7-3-11-38-34(36)37)27(50)40-16-26(49)44-12-5-9-23(44)32(55)45-13-4-8-22(45)30(53)43-21(17-47)31(54)46-14-6-10-24(46)33(56)57/h18-24,47H,3-17,35H2,1-2H3,(H,39,51)(H,40,50)(H,41,48)(H,42,52)(H,43,53)(H,56,57)(H4,36,37,38)/t18-,19-,20-,21-,22-,23-,24-/m0/s1. The molecule has 0 aromatic carbocycles. The van der Waals surface area contributed by atoms with E-state index in [1.165, 1.54) is 23.6 Å². The first-order valence-corrected chi connectivity index (χ1v) is 19.0. The second kappa shape index (κ2) is 21.6. The summed E-state index contributed by atoms with van der Waals surface area (Å²) < 4.78 is 0. The van der Waals surface area contributed by atoms with E-state index in [0.29, 0.717) is 38.6 Å². The van der Waals surface area contributed by atoms with Gasteiger partial charge in [-0.2, -0.15) is 0 Å². The fourth-order valence-electron chi connectivity index (χ4n) is 6.92. The monoisotopic (exact) mass is 808 g/mol. The van der Waals surface area contributed by atoms with Crippen molar-refractivity contribution in [2.75, 3.05) is 45.9 Å². The number of carbonyl (C=O) groups is 9. The van der Waals surface area contributed by atoms with Crippen LogP contribution in [0.1, 0.15) is 65.2 Å². The number of guanidine groups is 1. The topological polar surface area (TPSA) is 352 Å². The maximum absolute atomic E-state index is 13.7. The second-order valence-corrected chi connectivity index (χ2v) is 14.3. The van der Waals surface area contributed by atoms with Crippen LogP contribution >= 0.6 is 0 Å². The van der Waals surface area contributed by atoms with Crippen LogP contribution in [0.4, 0.5) is 0 Å². The molecule has 0 bridgehead atoms. The molecule has 0 spiro atoms. The first-order valence-electron chi connectivity index (χ1n) is 19.0. The molecule has 3 fully saturated rings. The van der Waals surface area contributed by atoms with E-state index in [1.807, 2.05) is 0 Å². The van der Waals surface area contributed by atoms with Crippen LogP contribution < -0.4 is 43.4 Å². The van der Waals surface area contributed by atoms with Crippen molar-refractivity contribution in [1.82, 2.24) is 46.6 Å². The molecule has 57 heavy (non-hydrogen) atoms. The zero-order chi connectivity index (χ0) is 42.4. The Morgan fingerprint density at radius 3 is 1.91 bits per heavy atom. The lowest BCUT2D eigenvalue weighted by Gasteiger charge is -2.32. The third-order valence-electron chi connectivity index (χ3n) is 10.0. The van der Waals surface area contributed by atoms with Gasteiger partial charge in [-0.15, -0.1) is 0 Å². The predicted octanol–water partition coefficient (Wildman–Crippen LogP) is -5.65. The molecule has 0 aromatic rings. The van der Waals surface area contributed by atoms with Crippen LogP contribution in [0.5, 0.6) is 0 Å². The molecule has 3 aliphatic rings. The molecule has 3 aliphatic heterocycles. The molecule has 3 rings (SSSR count). The van der Waals surface area contributed by atoms with E-state index in [0.717, 1.165) is 4.90 Å². The number of nitrogens with two attached hydrogens (primary N) is 2. The Bertz CT molecular complexity index is 1550. The highest BCUT2D eigenvalue weighted by atomic mass is 16.4. The number of carbonyl (C=O) groups excluding carboxylic acids is 8. The number of hydrogen-bond acceptors (Lipinski definition) is 12. The number of likely N-dealkylation sites (tertiary alicyclic amines) is 3. The van der Waals surface area contributed by atoms with Gasteiger partial charge >= 0.3 is 5.97 Å². The summed E-state index contributed by atoms with van der Waals surface area (Å²) in [6.45, 7) is 1.90. The van der Waals surface area contributed by atoms with Gasteiger partial charge in [-0.05, 0) is 65.2 Å². The third-order valence-corrected chi connectivity index (χ3v) is 10.0. The molecule has 23 heteroatoms. The molecule has 0 aromatic heterocycles. The first-order chi connectivity index (χ1) is 27.0. The maximum atomic E-state index is 13.7. The molecule has 3 heterocycles. The Morgan fingerprint density at radius 1 is 0.737 bits per heavy atom. The molecule has 0 saturated carbocycles. The van der Waals surface area contributed by atoms with Crippen LogP contribution in [0.3, 0.4) is 0 Å². The first kappa shape index (κ1) is 45.8. The van der Waals surface area contributed by atoms with E-state index in [4.69, 9.17) is 16.9 Å². The van der Waals surface area contributed by atoms with Crippen LogP contribution in [0.15, 0.2) is 0 Å². The van der Waals surface area contributed by atoms with E-state index in [1.54, 1.807) is 0 Å². The maximum Gasteiger partial charge on any atom is 0.326 e. The van der Waals surface area contributed by atoms with Crippen molar-refractivity contribution in [1.29, 1.82) is 5.41 Å². The lowest BCUT2D eigenvalue weighted by atomic mass is 10.1. The van der Waals surface area contributed by atoms with Gasteiger partial charge in [0.05, 0.1) is 25.7 Å². The molecule has 8 amide bonds. The Labute approximate surface area is 329 Å². The fraction of sp³-hybridized carbons (Fsp3) is 0.706.